The van der Waals surface area contributed by atoms with Gasteiger partial charge in [-0.1, -0.05) is 37.6 Å². The van der Waals surface area contributed by atoms with Crippen LogP contribution in [0.3, 0.4) is 0 Å². The Hall–Kier alpha value is -2.19. The number of hydrogen-bond donors (Lipinski definition) is 2. The number of carbonyl (C=O) groups excluding carboxylic acids is 3. The highest BCUT2D eigenvalue weighted by molar-refractivity contribution is 6.18. The van der Waals surface area contributed by atoms with Gasteiger partial charge in [-0.15, -0.1) is 23.2 Å². The second-order valence-electron chi connectivity index (χ2n) is 13.6. The van der Waals surface area contributed by atoms with E-state index in [9.17, 15) is 24.6 Å². The van der Waals surface area contributed by atoms with Crippen LogP contribution in [0.5, 0.6) is 0 Å². The Morgan fingerprint density at radius 1 is 1.09 bits per heavy atom. The number of halogens is 2. The molecule has 7 atom stereocenters. The maximum Gasteiger partial charge on any atom is 0.306 e. The molecular weight excluding hydrogens is 601 g/mol. The third kappa shape index (κ3) is 6.02. The number of anilines is 1. The quantitative estimate of drug-likeness (QED) is 0.231. The first-order valence-corrected chi connectivity index (χ1v) is 17.0. The number of carbonyl (C=O) groups is 3. The number of ether oxygens (including phenoxy) is 1. The molecular formula is C35H45Cl2NO6. The maximum atomic E-state index is 13.5. The minimum absolute atomic E-state index is 0.0103. The Morgan fingerprint density at radius 2 is 1.80 bits per heavy atom. The van der Waals surface area contributed by atoms with Crippen LogP contribution in [0.4, 0.5) is 5.69 Å². The fourth-order valence-corrected chi connectivity index (χ4v) is 9.42. The van der Waals surface area contributed by atoms with Crippen LogP contribution < -0.4 is 4.90 Å². The van der Waals surface area contributed by atoms with Gasteiger partial charge >= 0.3 is 5.97 Å². The number of benzene rings is 1. The van der Waals surface area contributed by atoms with E-state index >= 15 is 0 Å². The SMILES string of the molecule is C[C@@]12C=CC(=O)C=C1CCC1[C@H]3CC[C@@](O)(C(=O)COC(=O)CCCc4ccc(N(CCCl)CCCl)cc4)[C@]3(C)C[C@@H](O)[C@H]12. The first kappa shape index (κ1) is 33.2. The van der Waals surface area contributed by atoms with Gasteiger partial charge in [0.2, 0.25) is 5.78 Å². The summed E-state index contributed by atoms with van der Waals surface area (Å²) in [7, 11) is 0. The van der Waals surface area contributed by atoms with E-state index in [1.165, 1.54) is 0 Å². The molecule has 0 saturated heterocycles. The third-order valence-corrected chi connectivity index (χ3v) is 11.7. The van der Waals surface area contributed by atoms with E-state index in [-0.39, 0.29) is 42.8 Å². The lowest BCUT2D eigenvalue weighted by molar-refractivity contribution is -0.181. The molecule has 1 aromatic rings. The normalized spacial score (nSPS) is 34.0. The summed E-state index contributed by atoms with van der Waals surface area (Å²) in [6.45, 7) is 4.99. The van der Waals surface area contributed by atoms with Crippen LogP contribution in [0.2, 0.25) is 0 Å². The lowest BCUT2D eigenvalue weighted by atomic mass is 9.46. The van der Waals surface area contributed by atoms with Gasteiger partial charge in [0.15, 0.2) is 12.4 Å². The van der Waals surface area contributed by atoms with Crippen LogP contribution in [-0.2, 0) is 25.5 Å². The van der Waals surface area contributed by atoms with Crippen LogP contribution in [0.15, 0.2) is 48.1 Å². The molecule has 0 aromatic heterocycles. The molecule has 3 fully saturated rings. The first-order valence-electron chi connectivity index (χ1n) is 16.0. The van der Waals surface area contributed by atoms with Crippen molar-refractivity contribution in [3.8, 4) is 0 Å². The molecule has 1 aromatic carbocycles. The van der Waals surface area contributed by atoms with Crippen molar-refractivity contribution in [2.24, 2.45) is 28.6 Å². The zero-order valence-electron chi connectivity index (χ0n) is 25.8. The van der Waals surface area contributed by atoms with Gasteiger partial charge in [-0.05, 0) is 86.6 Å². The average Bonchev–Trinajstić information content (AvgIpc) is 3.27. The number of hydrogen-bond acceptors (Lipinski definition) is 7. The summed E-state index contributed by atoms with van der Waals surface area (Å²) >= 11 is 11.8. The smallest absolute Gasteiger partial charge is 0.306 e. The topological polar surface area (TPSA) is 104 Å². The monoisotopic (exact) mass is 645 g/mol. The number of alkyl halides is 2. The number of rotatable bonds is 12. The van der Waals surface area contributed by atoms with Crippen molar-refractivity contribution >= 4 is 46.4 Å². The summed E-state index contributed by atoms with van der Waals surface area (Å²) in [5, 5.41) is 23.4. The summed E-state index contributed by atoms with van der Waals surface area (Å²) < 4.78 is 5.39. The van der Waals surface area contributed by atoms with Crippen molar-refractivity contribution in [3.63, 3.8) is 0 Å². The number of aliphatic hydroxyl groups excluding tert-OH is 1. The zero-order chi connectivity index (χ0) is 31.7. The summed E-state index contributed by atoms with van der Waals surface area (Å²) in [6.07, 6.45) is 8.81. The van der Waals surface area contributed by atoms with Crippen molar-refractivity contribution in [2.45, 2.75) is 76.9 Å². The number of esters is 1. The summed E-state index contributed by atoms with van der Waals surface area (Å²) in [5.74, 6) is 0.166. The molecule has 1 unspecified atom stereocenters. The molecule has 240 valence electrons. The highest BCUT2D eigenvalue weighted by Gasteiger charge is 2.68. The zero-order valence-corrected chi connectivity index (χ0v) is 27.3. The second kappa shape index (κ2) is 13.3. The van der Waals surface area contributed by atoms with E-state index < -0.39 is 40.9 Å². The average molecular weight is 647 g/mol. The Kier molecular flexibility index (Phi) is 10.0. The molecule has 0 bridgehead atoms. The minimum atomic E-state index is -1.66. The van der Waals surface area contributed by atoms with Gasteiger partial charge in [0.25, 0.3) is 0 Å². The molecule has 0 spiro atoms. The number of aliphatic hydroxyl groups is 2. The van der Waals surface area contributed by atoms with E-state index in [0.29, 0.717) is 44.1 Å². The van der Waals surface area contributed by atoms with Gasteiger partial charge in [0.1, 0.15) is 5.60 Å². The van der Waals surface area contributed by atoms with E-state index in [1.807, 2.05) is 37.3 Å². The molecule has 0 amide bonds. The van der Waals surface area contributed by atoms with Crippen molar-refractivity contribution in [1.29, 1.82) is 0 Å². The van der Waals surface area contributed by atoms with Gasteiger partial charge in [0.05, 0.1) is 6.10 Å². The van der Waals surface area contributed by atoms with Crippen molar-refractivity contribution in [2.75, 3.05) is 36.4 Å². The minimum Gasteiger partial charge on any atom is -0.458 e. The molecule has 2 N–H and O–H groups in total. The molecule has 9 heteroatoms. The highest BCUT2D eigenvalue weighted by Crippen LogP contribution is 2.67. The number of allylic oxidation sites excluding steroid dienone is 4. The molecule has 4 aliphatic carbocycles. The number of aryl methyl sites for hydroxylation is 1. The molecule has 3 saturated carbocycles. The predicted molar refractivity (Wildman–Crippen MR) is 172 cm³/mol. The number of nitrogens with zero attached hydrogens (tertiary/aromatic N) is 1. The van der Waals surface area contributed by atoms with Crippen molar-refractivity contribution < 1.29 is 29.3 Å². The Morgan fingerprint density at radius 3 is 2.48 bits per heavy atom. The predicted octanol–water partition coefficient (Wildman–Crippen LogP) is 5.42. The molecule has 5 rings (SSSR count). The first-order chi connectivity index (χ1) is 21.0. The molecule has 0 heterocycles. The van der Waals surface area contributed by atoms with Crippen LogP contribution in [0.1, 0.15) is 64.4 Å². The molecule has 7 nitrogen and oxygen atoms in total. The van der Waals surface area contributed by atoms with Crippen LogP contribution in [0.25, 0.3) is 0 Å². The molecule has 0 aliphatic heterocycles. The van der Waals surface area contributed by atoms with Crippen LogP contribution in [0, 0.1) is 28.6 Å². The third-order valence-electron chi connectivity index (χ3n) is 11.3. The summed E-state index contributed by atoms with van der Waals surface area (Å²) in [4.78, 5) is 40.3. The molecule has 4 aliphatic rings. The van der Waals surface area contributed by atoms with E-state index in [4.69, 9.17) is 27.9 Å². The van der Waals surface area contributed by atoms with Crippen molar-refractivity contribution in [1.82, 2.24) is 0 Å². The fourth-order valence-electron chi connectivity index (χ4n) is 9.01. The number of fused-ring (bicyclic) bond motifs is 5. The lowest BCUT2D eigenvalue weighted by Crippen LogP contribution is -2.61. The Labute approximate surface area is 270 Å². The summed E-state index contributed by atoms with van der Waals surface area (Å²) in [5.41, 5.74) is 0.321. The Bertz CT molecular complexity index is 1310. The largest absolute Gasteiger partial charge is 0.458 e. The highest BCUT2D eigenvalue weighted by atomic mass is 35.5. The van der Waals surface area contributed by atoms with Crippen LogP contribution in [-0.4, -0.2) is 70.9 Å². The lowest BCUT2D eigenvalue weighted by Gasteiger charge is -2.59. The van der Waals surface area contributed by atoms with Gasteiger partial charge < -0.3 is 19.8 Å². The standard InChI is InChI=1S/C35H45Cl2NO6/c1-33-14-12-26(39)20-24(33)8-11-27-28-13-15-35(43,34(28,2)21-29(40)32(27)33)30(41)22-44-31(42)5-3-4-23-6-9-25(10-7-23)38(18-16-36)19-17-37/h6-7,9-10,12,14,20,27-29,32,40,43H,3-5,8,11,13,15-19,21-22H2,1-2H3/t27?,28-,29-,32+,33-,34-,35-/m1/s1. The Balaban J connectivity index is 1.15. The summed E-state index contributed by atoms with van der Waals surface area (Å²) in [6, 6.07) is 8.12. The molecule has 0 radical (unpaired) electrons. The van der Waals surface area contributed by atoms with E-state index in [1.54, 1.807) is 12.2 Å². The fraction of sp³-hybridized carbons (Fsp3) is 0.629. The van der Waals surface area contributed by atoms with Gasteiger partial charge in [-0.25, -0.2) is 0 Å². The number of ketones is 2. The van der Waals surface area contributed by atoms with Gasteiger partial charge in [-0.3, -0.25) is 14.4 Å². The van der Waals surface area contributed by atoms with E-state index in [2.05, 4.69) is 11.8 Å². The van der Waals surface area contributed by atoms with Crippen molar-refractivity contribution in [3.05, 3.63) is 53.6 Å². The maximum absolute atomic E-state index is 13.5. The molecule has 44 heavy (non-hydrogen) atoms. The second-order valence-corrected chi connectivity index (χ2v) is 14.3. The van der Waals surface area contributed by atoms with Gasteiger partial charge in [0, 0.05) is 53.7 Å². The van der Waals surface area contributed by atoms with Gasteiger partial charge in [-0.2, -0.15) is 0 Å². The van der Waals surface area contributed by atoms with Crippen LogP contribution >= 0.6 is 23.2 Å². The number of Topliss-reactive ketones (excluding diaryl/α,β-unsaturated/α-hetero) is 1. The van der Waals surface area contributed by atoms with E-state index in [0.717, 1.165) is 29.7 Å².